The highest BCUT2D eigenvalue weighted by Gasteiger charge is 2.22. The molecule has 0 amide bonds. The highest BCUT2D eigenvalue weighted by molar-refractivity contribution is 6.02. The molecule has 0 aliphatic carbocycles. The lowest BCUT2D eigenvalue weighted by Crippen LogP contribution is -2.25. The van der Waals surface area contributed by atoms with Gasteiger partial charge >= 0.3 is 11.7 Å². The number of aliphatic hydroxyl groups is 1. The van der Waals surface area contributed by atoms with Crippen LogP contribution >= 0.6 is 0 Å². The predicted octanol–water partition coefficient (Wildman–Crippen LogP) is 3.60. The lowest BCUT2D eigenvalue weighted by Gasteiger charge is -2.13. The number of fused-ring (bicyclic) bond motifs is 1. The normalized spacial score (nSPS) is 11.9. The summed E-state index contributed by atoms with van der Waals surface area (Å²) in [4.78, 5) is 42.9. The van der Waals surface area contributed by atoms with Crippen LogP contribution in [0, 0.1) is 0 Å². The Labute approximate surface area is 228 Å². The van der Waals surface area contributed by atoms with Crippen molar-refractivity contribution in [2.24, 2.45) is 0 Å². The third-order valence-electron chi connectivity index (χ3n) is 6.29. The van der Waals surface area contributed by atoms with Gasteiger partial charge in [0.05, 0.1) is 29.7 Å². The maximum absolute atomic E-state index is 12.9. The third kappa shape index (κ3) is 5.40. The number of aromatic amines is 1. The molecule has 0 radical (unpaired) electrons. The Morgan fingerprint density at radius 1 is 1.05 bits per heavy atom. The van der Waals surface area contributed by atoms with E-state index < -0.39 is 30.2 Å². The lowest BCUT2D eigenvalue weighted by atomic mass is 9.98. The Bertz CT molecular complexity index is 1730. The van der Waals surface area contributed by atoms with Gasteiger partial charge in [0, 0.05) is 5.56 Å². The minimum Gasteiger partial charge on any atom is -0.465 e. The number of carbonyl (C=O) groups excluding carboxylic acids is 2. The SMILES string of the molecule is CCOc1nc2cccc(C(=O)OCC(O)C(C)=O)c2n1Cc1ccc(-c2ccccc2-c2noc(=O)[nH]2)cc1. The van der Waals surface area contributed by atoms with E-state index in [0.717, 1.165) is 22.3 Å². The van der Waals surface area contributed by atoms with Crippen LogP contribution in [0.3, 0.4) is 0 Å². The van der Waals surface area contributed by atoms with Crippen molar-refractivity contribution >= 4 is 22.8 Å². The van der Waals surface area contributed by atoms with Crippen molar-refractivity contribution in [3.05, 3.63) is 88.4 Å². The lowest BCUT2D eigenvalue weighted by molar-refractivity contribution is -0.126. The van der Waals surface area contributed by atoms with Crippen molar-refractivity contribution in [2.75, 3.05) is 13.2 Å². The first-order chi connectivity index (χ1) is 19.4. The summed E-state index contributed by atoms with van der Waals surface area (Å²) in [6, 6.07) is 20.7. The van der Waals surface area contributed by atoms with Gasteiger partial charge < -0.3 is 14.6 Å². The number of aliphatic hydroxyl groups excluding tert-OH is 1. The molecule has 1 unspecified atom stereocenters. The molecule has 204 valence electrons. The van der Waals surface area contributed by atoms with Gasteiger partial charge in [0.1, 0.15) is 12.7 Å². The minimum atomic E-state index is -1.39. The summed E-state index contributed by atoms with van der Waals surface area (Å²) in [5.41, 5.74) is 4.68. The summed E-state index contributed by atoms with van der Waals surface area (Å²) in [5.74, 6) is -1.47. The van der Waals surface area contributed by atoms with Crippen LogP contribution in [-0.2, 0) is 16.1 Å². The smallest absolute Gasteiger partial charge is 0.439 e. The maximum Gasteiger partial charge on any atom is 0.439 e. The Morgan fingerprint density at radius 2 is 1.80 bits per heavy atom. The van der Waals surface area contributed by atoms with Crippen LogP contribution in [0.1, 0.15) is 29.8 Å². The monoisotopic (exact) mass is 542 g/mol. The molecule has 1 atom stereocenters. The second-order valence-electron chi connectivity index (χ2n) is 9.00. The van der Waals surface area contributed by atoms with Gasteiger partial charge in [0.15, 0.2) is 11.6 Å². The molecule has 5 aromatic rings. The van der Waals surface area contributed by atoms with E-state index in [-0.39, 0.29) is 5.56 Å². The molecule has 0 aliphatic rings. The molecule has 2 heterocycles. The fraction of sp³-hybridized carbons (Fsp3) is 0.207. The predicted molar refractivity (Wildman–Crippen MR) is 145 cm³/mol. The van der Waals surface area contributed by atoms with Crippen molar-refractivity contribution in [1.82, 2.24) is 19.7 Å². The Hall–Kier alpha value is -5.03. The summed E-state index contributed by atoms with van der Waals surface area (Å²) >= 11 is 0. The van der Waals surface area contributed by atoms with Gasteiger partial charge in [-0.15, -0.1) is 0 Å². The molecule has 2 N–H and O–H groups in total. The zero-order valence-electron chi connectivity index (χ0n) is 21.8. The number of esters is 1. The second kappa shape index (κ2) is 11.4. The summed E-state index contributed by atoms with van der Waals surface area (Å²) in [6.45, 7) is 3.33. The van der Waals surface area contributed by atoms with E-state index in [1.165, 1.54) is 6.92 Å². The number of H-pyrrole nitrogens is 1. The molecule has 0 aliphatic heterocycles. The first-order valence-corrected chi connectivity index (χ1v) is 12.6. The average Bonchev–Trinajstić information content (AvgIpc) is 3.55. The van der Waals surface area contributed by atoms with Crippen LogP contribution < -0.4 is 10.5 Å². The van der Waals surface area contributed by atoms with E-state index >= 15 is 0 Å². The molecule has 0 bridgehead atoms. The highest BCUT2D eigenvalue weighted by atomic mass is 16.5. The van der Waals surface area contributed by atoms with Crippen molar-refractivity contribution in [3.63, 3.8) is 0 Å². The Balaban J connectivity index is 1.48. The molecule has 0 fully saturated rings. The van der Waals surface area contributed by atoms with Gasteiger partial charge in [-0.2, -0.15) is 4.98 Å². The second-order valence-corrected chi connectivity index (χ2v) is 9.00. The number of ether oxygens (including phenoxy) is 2. The fourth-order valence-electron chi connectivity index (χ4n) is 4.32. The van der Waals surface area contributed by atoms with Crippen molar-refractivity contribution in [1.29, 1.82) is 0 Å². The molecular weight excluding hydrogens is 516 g/mol. The van der Waals surface area contributed by atoms with Crippen LogP contribution in [0.15, 0.2) is 76.0 Å². The van der Waals surface area contributed by atoms with Crippen LogP contribution in [0.5, 0.6) is 6.01 Å². The average molecular weight is 543 g/mol. The van der Waals surface area contributed by atoms with E-state index in [0.29, 0.717) is 36.0 Å². The van der Waals surface area contributed by atoms with Gasteiger partial charge in [-0.3, -0.25) is 18.9 Å². The van der Waals surface area contributed by atoms with Gasteiger partial charge in [-0.05, 0) is 42.7 Å². The molecule has 40 heavy (non-hydrogen) atoms. The largest absolute Gasteiger partial charge is 0.465 e. The van der Waals surface area contributed by atoms with E-state index in [9.17, 15) is 19.5 Å². The number of ketones is 1. The molecule has 5 rings (SSSR count). The van der Waals surface area contributed by atoms with Crippen LogP contribution in [0.4, 0.5) is 0 Å². The molecule has 11 heteroatoms. The number of carbonyl (C=O) groups is 2. The Morgan fingerprint density at radius 3 is 2.48 bits per heavy atom. The van der Waals surface area contributed by atoms with E-state index in [2.05, 4.69) is 19.6 Å². The molecule has 0 saturated carbocycles. The zero-order chi connectivity index (χ0) is 28.2. The van der Waals surface area contributed by atoms with Crippen molar-refractivity contribution < 1.29 is 28.7 Å². The number of para-hydroxylation sites is 1. The van der Waals surface area contributed by atoms with Crippen LogP contribution in [0.25, 0.3) is 33.5 Å². The molecular formula is C29H26N4O7. The van der Waals surface area contributed by atoms with Crippen LogP contribution in [-0.4, -0.2) is 55.9 Å². The van der Waals surface area contributed by atoms with Gasteiger partial charge in [-0.1, -0.05) is 59.8 Å². The number of Topliss-reactive ketones (excluding diaryl/α,β-unsaturated/α-hetero) is 1. The number of benzene rings is 3. The van der Waals surface area contributed by atoms with Crippen molar-refractivity contribution in [3.8, 4) is 28.5 Å². The van der Waals surface area contributed by atoms with E-state index in [4.69, 9.17) is 9.47 Å². The standard InChI is InChI=1S/C29H26N4O7/c1-3-38-28-30-23-10-6-9-22(27(36)39-16-24(35)17(2)34)25(23)33(28)15-18-11-13-19(14-12-18)20-7-4-5-8-21(20)26-31-29(37)40-32-26/h4-14,24,35H,3,15-16H2,1-2H3,(H,31,32,37). The summed E-state index contributed by atoms with van der Waals surface area (Å²) in [6.07, 6.45) is -1.39. The summed E-state index contributed by atoms with van der Waals surface area (Å²) in [7, 11) is 0. The number of hydrogen-bond acceptors (Lipinski definition) is 9. The molecule has 3 aromatic carbocycles. The van der Waals surface area contributed by atoms with Crippen molar-refractivity contribution in [2.45, 2.75) is 26.5 Å². The topological polar surface area (TPSA) is 150 Å². The molecule has 0 saturated heterocycles. The molecule has 0 spiro atoms. The van der Waals surface area contributed by atoms with E-state index in [1.54, 1.807) is 22.8 Å². The molecule has 11 nitrogen and oxygen atoms in total. The number of imidazole rings is 1. The highest BCUT2D eigenvalue weighted by Crippen LogP contribution is 2.31. The number of nitrogens with one attached hydrogen (secondary N) is 1. The Kier molecular flexibility index (Phi) is 7.56. The summed E-state index contributed by atoms with van der Waals surface area (Å²) in [5, 5.41) is 13.6. The fourth-order valence-corrected chi connectivity index (χ4v) is 4.32. The maximum atomic E-state index is 12.9. The van der Waals surface area contributed by atoms with Gasteiger partial charge in [-0.25, -0.2) is 9.59 Å². The minimum absolute atomic E-state index is 0.235. The first-order valence-electron chi connectivity index (χ1n) is 12.6. The zero-order valence-corrected chi connectivity index (χ0v) is 21.8. The van der Waals surface area contributed by atoms with E-state index in [1.807, 2.05) is 55.5 Å². The van der Waals surface area contributed by atoms with Gasteiger partial charge in [0.2, 0.25) is 0 Å². The quantitative estimate of drug-likeness (QED) is 0.252. The number of rotatable bonds is 10. The number of hydrogen-bond donors (Lipinski definition) is 2. The molecule has 2 aromatic heterocycles. The van der Waals surface area contributed by atoms with Crippen LogP contribution in [0.2, 0.25) is 0 Å². The summed E-state index contributed by atoms with van der Waals surface area (Å²) < 4.78 is 17.5. The van der Waals surface area contributed by atoms with Gasteiger partial charge in [0.25, 0.3) is 6.01 Å². The third-order valence-corrected chi connectivity index (χ3v) is 6.29. The number of nitrogens with zero attached hydrogens (tertiary/aromatic N) is 3. The first kappa shape index (κ1) is 26.6. The number of aromatic nitrogens is 4.